The minimum absolute atomic E-state index is 0.103. The molecular weight excluding hydrogens is 712 g/mol. The molecule has 0 fully saturated rings. The Morgan fingerprint density at radius 2 is 0.925 bits per heavy atom. The number of hydrogen-bond donors (Lipinski definition) is 12. The van der Waals surface area contributed by atoms with Gasteiger partial charge in [0.05, 0.1) is 12.6 Å². The van der Waals surface area contributed by atoms with Gasteiger partial charge in [-0.15, -0.1) is 0 Å². The number of carboxylic acid groups (broad SMARTS) is 5. The van der Waals surface area contributed by atoms with Gasteiger partial charge in [-0.25, -0.2) is 4.79 Å². The first-order valence-electron chi connectivity index (χ1n) is 15.9. The van der Waals surface area contributed by atoms with E-state index in [0.717, 1.165) is 0 Å². The van der Waals surface area contributed by atoms with Crippen LogP contribution in [0.1, 0.15) is 56.9 Å². The smallest absolute Gasteiger partial charge is 0.326 e. The molecule has 0 aliphatic carbocycles. The third-order valence-corrected chi connectivity index (χ3v) is 7.28. The van der Waals surface area contributed by atoms with E-state index in [1.165, 1.54) is 24.3 Å². The van der Waals surface area contributed by atoms with Crippen LogP contribution in [-0.2, 0) is 54.4 Å². The number of rotatable bonds is 25. The Labute approximate surface area is 300 Å². The monoisotopic (exact) mass is 754 g/mol. The molecule has 1 aromatic rings. The summed E-state index contributed by atoms with van der Waals surface area (Å²) in [5.41, 5.74) is 6.02. The molecule has 0 saturated carbocycles. The first kappa shape index (κ1) is 44.7. The standard InChI is InChI=1S/C31H42N6O16/c32-17(5-9-23(40)41)27(48)35-18(6-10-24(42)43)28(49)33-14-22(39)34-19(7-11-25(44)45)29(50)36-20(8-12-26(46)47)30(51)37-21(31(52)53)13-15-1-3-16(38)4-2-15/h1-4,17-21,38H,5-14,32H2,(H,33,49)(H,34,39)(H,35,48)(H,36,50)(H,37,51)(H,40,41)(H,42,43)(H,44,45)(H,46,47)(H,52,53)/t17-,18-,19-,20-,21-/m0/s1. The van der Waals surface area contributed by atoms with Gasteiger partial charge in [-0.1, -0.05) is 12.1 Å². The number of benzene rings is 1. The largest absolute Gasteiger partial charge is 0.508 e. The minimum Gasteiger partial charge on any atom is -0.508 e. The first-order valence-corrected chi connectivity index (χ1v) is 15.9. The van der Waals surface area contributed by atoms with Gasteiger partial charge in [0.15, 0.2) is 0 Å². The summed E-state index contributed by atoms with van der Waals surface area (Å²) in [5, 5.41) is 66.1. The van der Waals surface area contributed by atoms with Crippen LogP contribution in [0.3, 0.4) is 0 Å². The van der Waals surface area contributed by atoms with Crippen molar-refractivity contribution in [1.29, 1.82) is 0 Å². The predicted molar refractivity (Wildman–Crippen MR) is 176 cm³/mol. The molecule has 22 nitrogen and oxygen atoms in total. The molecule has 0 aliphatic heterocycles. The second kappa shape index (κ2) is 22.5. The van der Waals surface area contributed by atoms with E-state index in [4.69, 9.17) is 26.2 Å². The van der Waals surface area contributed by atoms with Gasteiger partial charge in [-0.3, -0.25) is 43.2 Å². The fourth-order valence-corrected chi connectivity index (χ4v) is 4.45. The van der Waals surface area contributed by atoms with Gasteiger partial charge in [-0.05, 0) is 43.4 Å². The fraction of sp³-hybridized carbons (Fsp3) is 0.484. The van der Waals surface area contributed by atoms with E-state index in [9.17, 15) is 58.2 Å². The number of phenolic OH excluding ortho intramolecular Hbond substituents is 1. The highest BCUT2D eigenvalue weighted by atomic mass is 16.4. The van der Waals surface area contributed by atoms with E-state index in [1.807, 2.05) is 0 Å². The lowest BCUT2D eigenvalue weighted by molar-refractivity contribution is -0.143. The molecule has 0 bridgehead atoms. The molecular formula is C31H42N6O16. The third kappa shape index (κ3) is 18.5. The topological polar surface area (TPSA) is 378 Å². The number of nitrogens with one attached hydrogen (secondary N) is 5. The number of nitrogens with two attached hydrogens (primary N) is 1. The van der Waals surface area contributed by atoms with Crippen LogP contribution in [0.2, 0.25) is 0 Å². The van der Waals surface area contributed by atoms with Crippen molar-refractivity contribution in [3.05, 3.63) is 29.8 Å². The summed E-state index contributed by atoms with van der Waals surface area (Å²) in [6.07, 6.45) is -4.67. The van der Waals surface area contributed by atoms with Crippen LogP contribution in [0.5, 0.6) is 5.75 Å². The molecule has 22 heteroatoms. The average molecular weight is 755 g/mol. The second-order valence-corrected chi connectivity index (χ2v) is 11.6. The normalized spacial score (nSPS) is 13.5. The molecule has 1 aromatic carbocycles. The van der Waals surface area contributed by atoms with Crippen LogP contribution in [0.25, 0.3) is 0 Å². The molecule has 13 N–H and O–H groups in total. The fourth-order valence-electron chi connectivity index (χ4n) is 4.45. The number of carbonyl (C=O) groups excluding carboxylic acids is 5. The van der Waals surface area contributed by atoms with E-state index < -0.39 is 141 Å². The van der Waals surface area contributed by atoms with Gasteiger partial charge in [0.25, 0.3) is 0 Å². The van der Waals surface area contributed by atoms with Crippen molar-refractivity contribution in [3.63, 3.8) is 0 Å². The number of carboxylic acids is 5. The second-order valence-electron chi connectivity index (χ2n) is 11.6. The maximum absolute atomic E-state index is 13.2. The Bertz CT molecular complexity index is 1520. The van der Waals surface area contributed by atoms with E-state index in [1.54, 1.807) is 0 Å². The zero-order chi connectivity index (χ0) is 40.2. The Morgan fingerprint density at radius 3 is 1.38 bits per heavy atom. The van der Waals surface area contributed by atoms with E-state index in [2.05, 4.69) is 26.6 Å². The molecule has 5 amide bonds. The lowest BCUT2D eigenvalue weighted by atomic mass is 10.0. The number of carbonyl (C=O) groups is 10. The molecule has 0 heterocycles. The van der Waals surface area contributed by atoms with E-state index >= 15 is 0 Å². The summed E-state index contributed by atoms with van der Waals surface area (Å²) in [4.78, 5) is 121. The zero-order valence-corrected chi connectivity index (χ0v) is 28.1. The molecule has 0 radical (unpaired) electrons. The van der Waals surface area contributed by atoms with Gasteiger partial charge >= 0.3 is 29.8 Å². The van der Waals surface area contributed by atoms with Gasteiger partial charge in [0, 0.05) is 32.1 Å². The highest BCUT2D eigenvalue weighted by molar-refractivity contribution is 5.95. The van der Waals surface area contributed by atoms with Crippen molar-refractivity contribution >= 4 is 59.4 Å². The number of aliphatic carboxylic acids is 5. The van der Waals surface area contributed by atoms with E-state index in [0.29, 0.717) is 5.56 Å². The summed E-state index contributed by atoms with van der Waals surface area (Å²) in [6, 6.07) is -2.54. The van der Waals surface area contributed by atoms with Crippen LogP contribution < -0.4 is 32.3 Å². The maximum atomic E-state index is 13.2. The minimum atomic E-state index is -1.70. The van der Waals surface area contributed by atoms with Gasteiger partial charge in [0.2, 0.25) is 29.5 Å². The Balaban J connectivity index is 3.08. The van der Waals surface area contributed by atoms with Crippen molar-refractivity contribution in [2.24, 2.45) is 5.73 Å². The summed E-state index contributed by atoms with van der Waals surface area (Å²) < 4.78 is 0. The average Bonchev–Trinajstić information content (AvgIpc) is 3.07. The molecule has 5 atom stereocenters. The number of phenols is 1. The molecule has 53 heavy (non-hydrogen) atoms. The van der Waals surface area contributed by atoms with E-state index in [-0.39, 0.29) is 18.6 Å². The maximum Gasteiger partial charge on any atom is 0.326 e. The molecule has 0 unspecified atom stereocenters. The molecule has 0 aromatic heterocycles. The van der Waals surface area contributed by atoms with Crippen LogP contribution in [0, 0.1) is 0 Å². The lowest BCUT2D eigenvalue weighted by Gasteiger charge is -2.24. The molecule has 0 aliphatic rings. The van der Waals surface area contributed by atoms with Crippen molar-refractivity contribution in [1.82, 2.24) is 26.6 Å². The quantitative estimate of drug-likeness (QED) is 0.0469. The SMILES string of the molecule is N[C@@H](CCC(=O)O)C(=O)N[C@@H](CCC(=O)O)C(=O)NCC(=O)N[C@@H](CCC(=O)O)C(=O)N[C@@H](CCC(=O)O)C(=O)N[C@@H](Cc1ccc(O)cc1)C(=O)O. The molecule has 1 rings (SSSR count). The number of aromatic hydroxyl groups is 1. The van der Waals surface area contributed by atoms with Gasteiger partial charge < -0.3 is 63.0 Å². The molecule has 0 saturated heterocycles. The summed E-state index contributed by atoms with van der Waals surface area (Å²) in [5.74, 6) is -12.4. The van der Waals surface area contributed by atoms with Crippen LogP contribution in [0.4, 0.5) is 0 Å². The Kier molecular flexibility index (Phi) is 19.0. The predicted octanol–water partition coefficient (Wildman–Crippen LogP) is -3.14. The van der Waals surface area contributed by atoms with Crippen molar-refractivity contribution in [2.75, 3.05) is 6.54 Å². The van der Waals surface area contributed by atoms with Gasteiger partial charge in [0.1, 0.15) is 29.9 Å². The van der Waals surface area contributed by atoms with Crippen LogP contribution >= 0.6 is 0 Å². The molecule has 0 spiro atoms. The highest BCUT2D eigenvalue weighted by Crippen LogP contribution is 2.12. The number of hydrogen-bond acceptors (Lipinski definition) is 12. The first-order chi connectivity index (χ1) is 24.8. The Hall–Kier alpha value is -6.32. The number of amides is 5. The third-order valence-electron chi connectivity index (χ3n) is 7.28. The Morgan fingerprint density at radius 1 is 0.528 bits per heavy atom. The highest BCUT2D eigenvalue weighted by Gasteiger charge is 2.31. The summed E-state index contributed by atoms with van der Waals surface area (Å²) in [7, 11) is 0. The zero-order valence-electron chi connectivity index (χ0n) is 28.1. The molecule has 292 valence electrons. The van der Waals surface area contributed by atoms with Crippen molar-refractivity contribution in [3.8, 4) is 5.75 Å². The van der Waals surface area contributed by atoms with Gasteiger partial charge in [-0.2, -0.15) is 0 Å². The van der Waals surface area contributed by atoms with Crippen molar-refractivity contribution < 1.29 is 78.6 Å². The van der Waals surface area contributed by atoms with Crippen molar-refractivity contribution in [2.45, 2.75) is 88.0 Å². The van der Waals surface area contributed by atoms with Crippen LogP contribution in [0.15, 0.2) is 24.3 Å². The lowest BCUT2D eigenvalue weighted by Crippen LogP contribution is -2.57. The van der Waals surface area contributed by atoms with Crippen LogP contribution in [-0.4, -0.2) is 127 Å². The summed E-state index contributed by atoms with van der Waals surface area (Å²) in [6.45, 7) is -0.902. The summed E-state index contributed by atoms with van der Waals surface area (Å²) >= 11 is 0.